The molecule has 1 aliphatic rings. The third kappa shape index (κ3) is 2.89. The van der Waals surface area contributed by atoms with E-state index in [1.54, 1.807) is 12.1 Å². The quantitative estimate of drug-likeness (QED) is 0.650. The van der Waals surface area contributed by atoms with Gasteiger partial charge in [-0.3, -0.25) is 4.79 Å². The Bertz CT molecular complexity index is 1160. The second-order valence-corrected chi connectivity index (χ2v) is 6.64. The highest BCUT2D eigenvalue weighted by atomic mass is 19.1. The molecule has 3 aromatic carbocycles. The molecule has 3 aromatic rings. The molecule has 134 valence electrons. The molecule has 0 aromatic heterocycles. The van der Waals surface area contributed by atoms with Crippen molar-refractivity contribution in [1.82, 2.24) is 0 Å². The maximum Gasteiger partial charge on any atom is 0.307 e. The molecule has 0 unspecified atom stereocenters. The van der Waals surface area contributed by atoms with Crippen LogP contribution in [0.2, 0.25) is 0 Å². The standard InChI is InChI=1S/C23H17FO3/c1-13-18(11-21-16-5-3-2-4-14(16)6-9-22(21)25)17-8-7-15(24)10-20(17)19(13)12-23(26)27/h2-11,25H,12H2,1H3,(H,26,27)/b18-11-. The van der Waals surface area contributed by atoms with Crippen LogP contribution in [0, 0.1) is 5.82 Å². The fourth-order valence-corrected chi connectivity index (χ4v) is 3.71. The van der Waals surface area contributed by atoms with Gasteiger partial charge in [0, 0.05) is 5.56 Å². The number of fused-ring (bicyclic) bond motifs is 2. The SMILES string of the molecule is CC1=C(CC(=O)O)c2cc(F)ccc2/C1=C\c1c(O)ccc2ccccc12. The fourth-order valence-electron chi connectivity index (χ4n) is 3.71. The van der Waals surface area contributed by atoms with E-state index < -0.39 is 11.8 Å². The molecule has 0 heterocycles. The van der Waals surface area contributed by atoms with E-state index in [9.17, 15) is 19.4 Å². The van der Waals surface area contributed by atoms with Crippen molar-refractivity contribution < 1.29 is 19.4 Å². The summed E-state index contributed by atoms with van der Waals surface area (Å²) in [4.78, 5) is 11.3. The lowest BCUT2D eigenvalue weighted by molar-refractivity contribution is -0.135. The normalized spacial score (nSPS) is 14.8. The Balaban J connectivity index is 1.98. The summed E-state index contributed by atoms with van der Waals surface area (Å²) in [6, 6.07) is 15.6. The van der Waals surface area contributed by atoms with Crippen LogP contribution in [0.15, 0.2) is 60.2 Å². The number of aliphatic carboxylic acids is 1. The van der Waals surface area contributed by atoms with Crippen molar-refractivity contribution in [2.75, 3.05) is 0 Å². The molecule has 4 heteroatoms. The number of allylic oxidation sites excluding steroid dienone is 2. The number of carboxylic acids is 1. The molecular weight excluding hydrogens is 343 g/mol. The Morgan fingerprint density at radius 1 is 1.07 bits per heavy atom. The minimum absolute atomic E-state index is 0.143. The molecule has 0 atom stereocenters. The van der Waals surface area contributed by atoms with E-state index in [1.165, 1.54) is 12.1 Å². The zero-order valence-electron chi connectivity index (χ0n) is 14.7. The topological polar surface area (TPSA) is 57.5 Å². The highest BCUT2D eigenvalue weighted by molar-refractivity contribution is 6.10. The first-order chi connectivity index (χ1) is 13.0. The van der Waals surface area contributed by atoms with E-state index >= 15 is 0 Å². The first-order valence-electron chi connectivity index (χ1n) is 8.60. The van der Waals surface area contributed by atoms with Gasteiger partial charge < -0.3 is 10.2 Å². The van der Waals surface area contributed by atoms with Gasteiger partial charge in [0.15, 0.2) is 0 Å². The van der Waals surface area contributed by atoms with Crippen LogP contribution in [0.1, 0.15) is 30.0 Å². The number of benzene rings is 3. The minimum atomic E-state index is -0.964. The van der Waals surface area contributed by atoms with Gasteiger partial charge in [-0.2, -0.15) is 0 Å². The summed E-state index contributed by atoms with van der Waals surface area (Å²) in [5, 5.41) is 21.6. The molecular formula is C23H17FO3. The maximum atomic E-state index is 13.8. The van der Waals surface area contributed by atoms with Gasteiger partial charge in [0.05, 0.1) is 6.42 Å². The van der Waals surface area contributed by atoms with Crippen LogP contribution in [-0.4, -0.2) is 16.2 Å². The molecule has 0 saturated heterocycles. The number of aromatic hydroxyl groups is 1. The van der Waals surface area contributed by atoms with Gasteiger partial charge in [0.1, 0.15) is 11.6 Å². The van der Waals surface area contributed by atoms with Crippen LogP contribution < -0.4 is 0 Å². The van der Waals surface area contributed by atoms with Crippen molar-refractivity contribution in [3.63, 3.8) is 0 Å². The van der Waals surface area contributed by atoms with Gasteiger partial charge >= 0.3 is 5.97 Å². The van der Waals surface area contributed by atoms with E-state index in [0.29, 0.717) is 16.7 Å². The van der Waals surface area contributed by atoms with Crippen LogP contribution in [-0.2, 0) is 4.79 Å². The lowest BCUT2D eigenvalue weighted by atomic mass is 9.97. The molecule has 0 aliphatic heterocycles. The van der Waals surface area contributed by atoms with E-state index in [2.05, 4.69) is 0 Å². The summed E-state index contributed by atoms with van der Waals surface area (Å²) in [5.41, 5.74) is 4.22. The molecule has 0 amide bonds. The second-order valence-electron chi connectivity index (χ2n) is 6.64. The van der Waals surface area contributed by atoms with E-state index in [0.717, 1.165) is 27.5 Å². The average Bonchev–Trinajstić information content (AvgIpc) is 2.88. The molecule has 27 heavy (non-hydrogen) atoms. The molecule has 0 fully saturated rings. The number of carbonyl (C=O) groups is 1. The Morgan fingerprint density at radius 2 is 1.85 bits per heavy atom. The first kappa shape index (κ1) is 17.0. The molecule has 0 spiro atoms. The lowest BCUT2D eigenvalue weighted by Crippen LogP contribution is -1.97. The Hall–Kier alpha value is -3.40. The van der Waals surface area contributed by atoms with Crippen molar-refractivity contribution in [2.24, 2.45) is 0 Å². The predicted octanol–water partition coefficient (Wildman–Crippen LogP) is 5.49. The van der Waals surface area contributed by atoms with Crippen LogP contribution in [0.25, 0.3) is 28.0 Å². The fraction of sp³-hybridized carbons (Fsp3) is 0.0870. The van der Waals surface area contributed by atoms with Gasteiger partial charge in [-0.1, -0.05) is 36.4 Å². The van der Waals surface area contributed by atoms with Crippen molar-refractivity contribution in [1.29, 1.82) is 0 Å². The van der Waals surface area contributed by atoms with Crippen molar-refractivity contribution in [3.05, 3.63) is 82.7 Å². The molecule has 0 bridgehead atoms. The monoisotopic (exact) mass is 360 g/mol. The van der Waals surface area contributed by atoms with Gasteiger partial charge in [0.25, 0.3) is 0 Å². The van der Waals surface area contributed by atoms with Gasteiger partial charge in [0.2, 0.25) is 0 Å². The second kappa shape index (κ2) is 6.40. The molecule has 2 N–H and O–H groups in total. The molecule has 0 saturated carbocycles. The van der Waals surface area contributed by atoms with E-state index in [-0.39, 0.29) is 12.2 Å². The summed E-state index contributed by atoms with van der Waals surface area (Å²) >= 11 is 0. The Morgan fingerprint density at radius 3 is 2.63 bits per heavy atom. The number of phenolic OH excluding ortho intramolecular Hbond substituents is 1. The van der Waals surface area contributed by atoms with Crippen molar-refractivity contribution in [3.8, 4) is 5.75 Å². The van der Waals surface area contributed by atoms with Crippen LogP contribution in [0.3, 0.4) is 0 Å². The molecule has 0 radical (unpaired) electrons. The summed E-state index contributed by atoms with van der Waals surface area (Å²) in [6.07, 6.45) is 1.68. The summed E-state index contributed by atoms with van der Waals surface area (Å²) in [5.74, 6) is -1.23. The lowest BCUT2D eigenvalue weighted by Gasteiger charge is -2.09. The van der Waals surface area contributed by atoms with Crippen LogP contribution in [0.5, 0.6) is 5.75 Å². The summed E-state index contributed by atoms with van der Waals surface area (Å²) in [7, 11) is 0. The van der Waals surface area contributed by atoms with E-state index in [1.807, 2.05) is 43.3 Å². The molecule has 4 rings (SSSR count). The van der Waals surface area contributed by atoms with E-state index in [4.69, 9.17) is 0 Å². The highest BCUT2D eigenvalue weighted by Crippen LogP contribution is 2.45. The van der Waals surface area contributed by atoms with Crippen molar-refractivity contribution in [2.45, 2.75) is 13.3 Å². The van der Waals surface area contributed by atoms with Gasteiger partial charge in [-0.05, 0) is 69.8 Å². The molecule has 1 aliphatic carbocycles. The number of hydrogen-bond donors (Lipinski definition) is 2. The smallest absolute Gasteiger partial charge is 0.307 e. The predicted molar refractivity (Wildman–Crippen MR) is 105 cm³/mol. The average molecular weight is 360 g/mol. The molecule has 3 nitrogen and oxygen atoms in total. The third-order valence-electron chi connectivity index (χ3n) is 5.02. The maximum absolute atomic E-state index is 13.8. The first-order valence-corrected chi connectivity index (χ1v) is 8.60. The third-order valence-corrected chi connectivity index (χ3v) is 5.02. The van der Waals surface area contributed by atoms with Crippen LogP contribution in [0.4, 0.5) is 4.39 Å². The Kier molecular flexibility index (Phi) is 4.04. The van der Waals surface area contributed by atoms with Crippen LogP contribution >= 0.6 is 0 Å². The van der Waals surface area contributed by atoms with Gasteiger partial charge in [-0.25, -0.2) is 4.39 Å². The zero-order valence-corrected chi connectivity index (χ0v) is 14.7. The number of hydrogen-bond acceptors (Lipinski definition) is 2. The number of halogens is 1. The minimum Gasteiger partial charge on any atom is -0.507 e. The summed E-state index contributed by atoms with van der Waals surface area (Å²) in [6.45, 7) is 1.84. The van der Waals surface area contributed by atoms with Gasteiger partial charge in [-0.15, -0.1) is 0 Å². The highest BCUT2D eigenvalue weighted by Gasteiger charge is 2.26. The number of phenols is 1. The van der Waals surface area contributed by atoms with Crippen molar-refractivity contribution >= 4 is 34.0 Å². The number of rotatable bonds is 3. The zero-order chi connectivity index (χ0) is 19.1. The number of carboxylic acid groups (broad SMARTS) is 1. The largest absolute Gasteiger partial charge is 0.507 e. The Labute approximate surface area is 155 Å². The summed E-state index contributed by atoms with van der Waals surface area (Å²) < 4.78 is 13.8.